The van der Waals surface area contributed by atoms with Crippen molar-refractivity contribution in [2.75, 3.05) is 0 Å². The average molecular weight is 309 g/mol. The summed E-state index contributed by atoms with van der Waals surface area (Å²) in [6.07, 6.45) is 0. The summed E-state index contributed by atoms with van der Waals surface area (Å²) in [6.45, 7) is 1.83. The summed E-state index contributed by atoms with van der Waals surface area (Å²) in [4.78, 5) is 0.628. The van der Waals surface area contributed by atoms with Crippen LogP contribution in [0.15, 0.2) is 82.8 Å². The highest BCUT2D eigenvalue weighted by Crippen LogP contribution is 2.22. The first-order chi connectivity index (χ1) is 10.8. The minimum absolute atomic E-state index is 0.628. The fraction of sp³-hybridized carbons (Fsp3) is 0.0556. The normalized spacial score (nSPS) is 13.0. The van der Waals surface area contributed by atoms with Gasteiger partial charge in [-0.3, -0.25) is 4.28 Å². The number of nitrogens with zero attached hydrogens (tertiary/aromatic N) is 1. The van der Waals surface area contributed by atoms with Crippen LogP contribution >= 0.6 is 0 Å². The van der Waals surface area contributed by atoms with Gasteiger partial charge in [0.15, 0.2) is 0 Å². The van der Waals surface area contributed by atoms with E-state index >= 15 is 0 Å². The standard InChI is InChI=1S/C18H15NO2S/c1-14(15-8-3-2-4-9-15)19-21-22(20)18-13-7-11-16-10-5-6-12-17(16)18/h2-13H,1H3. The third kappa shape index (κ3) is 3.07. The summed E-state index contributed by atoms with van der Waals surface area (Å²) in [6, 6.07) is 23.1. The third-order valence-corrected chi connectivity index (χ3v) is 4.29. The molecule has 0 heterocycles. The van der Waals surface area contributed by atoms with Gasteiger partial charge in [-0.1, -0.05) is 71.9 Å². The molecule has 0 N–H and O–H groups in total. The molecular weight excluding hydrogens is 294 g/mol. The molecule has 4 heteroatoms. The Hall–Kier alpha value is -2.46. The predicted octanol–water partition coefficient (Wildman–Crippen LogP) is 4.30. The Morgan fingerprint density at radius 2 is 1.59 bits per heavy atom. The molecule has 1 atom stereocenters. The lowest BCUT2D eigenvalue weighted by Crippen LogP contribution is -1.99. The van der Waals surface area contributed by atoms with Crippen LogP contribution in [0.1, 0.15) is 12.5 Å². The lowest BCUT2D eigenvalue weighted by molar-refractivity contribution is 0.374. The Balaban J connectivity index is 1.85. The number of fused-ring (bicyclic) bond motifs is 1. The quantitative estimate of drug-likeness (QED) is 0.532. The van der Waals surface area contributed by atoms with Crippen molar-refractivity contribution in [3.05, 3.63) is 78.4 Å². The Morgan fingerprint density at radius 1 is 0.909 bits per heavy atom. The predicted molar refractivity (Wildman–Crippen MR) is 90.1 cm³/mol. The summed E-state index contributed by atoms with van der Waals surface area (Å²) in [5, 5.41) is 5.94. The first-order valence-electron chi connectivity index (χ1n) is 6.93. The minimum Gasteiger partial charge on any atom is -0.287 e. The van der Waals surface area contributed by atoms with Gasteiger partial charge in [0.1, 0.15) is 0 Å². The Labute approximate surface area is 131 Å². The highest BCUT2D eigenvalue weighted by molar-refractivity contribution is 7.80. The van der Waals surface area contributed by atoms with E-state index in [9.17, 15) is 4.21 Å². The van der Waals surface area contributed by atoms with Gasteiger partial charge in [0.05, 0.1) is 10.6 Å². The van der Waals surface area contributed by atoms with Gasteiger partial charge in [0, 0.05) is 5.39 Å². The number of hydrogen-bond donors (Lipinski definition) is 0. The Morgan fingerprint density at radius 3 is 2.41 bits per heavy atom. The van der Waals surface area contributed by atoms with Crippen LogP contribution in [0.25, 0.3) is 10.8 Å². The number of hydrogen-bond acceptors (Lipinski definition) is 3. The van der Waals surface area contributed by atoms with Crippen molar-refractivity contribution < 1.29 is 8.49 Å². The second kappa shape index (κ2) is 6.54. The van der Waals surface area contributed by atoms with Crippen LogP contribution in [-0.2, 0) is 15.4 Å². The molecule has 0 aromatic heterocycles. The van der Waals surface area contributed by atoms with E-state index in [1.165, 1.54) is 0 Å². The molecule has 110 valence electrons. The van der Waals surface area contributed by atoms with E-state index in [1.54, 1.807) is 6.07 Å². The largest absolute Gasteiger partial charge is 0.287 e. The van der Waals surface area contributed by atoms with Gasteiger partial charge in [0.2, 0.25) is 0 Å². The molecule has 22 heavy (non-hydrogen) atoms. The molecule has 0 aliphatic rings. The molecule has 0 saturated heterocycles. The summed E-state index contributed by atoms with van der Waals surface area (Å²) < 4.78 is 17.6. The van der Waals surface area contributed by atoms with E-state index in [-0.39, 0.29) is 0 Å². The summed E-state index contributed by atoms with van der Waals surface area (Å²) in [7, 11) is 0. The van der Waals surface area contributed by atoms with Crippen LogP contribution in [0.3, 0.4) is 0 Å². The van der Waals surface area contributed by atoms with Gasteiger partial charge in [-0.2, -0.15) is 0 Å². The van der Waals surface area contributed by atoms with Crippen molar-refractivity contribution >= 4 is 27.6 Å². The number of oxime groups is 1. The zero-order valence-electron chi connectivity index (χ0n) is 12.1. The van der Waals surface area contributed by atoms with Crippen LogP contribution in [0.2, 0.25) is 0 Å². The van der Waals surface area contributed by atoms with E-state index < -0.39 is 11.1 Å². The number of benzene rings is 3. The van der Waals surface area contributed by atoms with Crippen LogP contribution in [0.5, 0.6) is 0 Å². The molecular formula is C18H15NO2S. The molecule has 0 spiro atoms. The molecule has 0 amide bonds. The lowest BCUT2D eigenvalue weighted by Gasteiger charge is -2.05. The smallest absolute Gasteiger partial charge is 0.265 e. The SMILES string of the molecule is CC(=NOS(=O)c1cccc2ccccc12)c1ccccc1. The Kier molecular flexibility index (Phi) is 4.30. The minimum atomic E-state index is -1.64. The topological polar surface area (TPSA) is 38.7 Å². The maximum absolute atomic E-state index is 12.4. The van der Waals surface area contributed by atoms with Crippen LogP contribution in [0.4, 0.5) is 0 Å². The van der Waals surface area contributed by atoms with Crippen molar-refractivity contribution in [3.63, 3.8) is 0 Å². The van der Waals surface area contributed by atoms with Crippen molar-refractivity contribution in [1.29, 1.82) is 0 Å². The molecule has 0 aliphatic carbocycles. The van der Waals surface area contributed by atoms with E-state index in [2.05, 4.69) is 5.16 Å². The fourth-order valence-electron chi connectivity index (χ4n) is 2.20. The highest BCUT2D eigenvalue weighted by atomic mass is 32.2. The van der Waals surface area contributed by atoms with Crippen molar-refractivity contribution in [3.8, 4) is 0 Å². The molecule has 3 aromatic carbocycles. The van der Waals surface area contributed by atoms with Crippen LogP contribution < -0.4 is 0 Å². The second-order valence-electron chi connectivity index (χ2n) is 4.83. The molecule has 0 radical (unpaired) electrons. The van der Waals surface area contributed by atoms with Gasteiger partial charge in [-0.05, 0) is 23.9 Å². The maximum atomic E-state index is 12.4. The molecule has 0 fully saturated rings. The molecule has 3 rings (SSSR count). The zero-order chi connectivity index (χ0) is 15.4. The second-order valence-corrected chi connectivity index (χ2v) is 5.89. The van der Waals surface area contributed by atoms with Gasteiger partial charge >= 0.3 is 0 Å². The molecule has 3 nitrogen and oxygen atoms in total. The van der Waals surface area contributed by atoms with Crippen molar-refractivity contribution in [1.82, 2.24) is 0 Å². The van der Waals surface area contributed by atoms with E-state index in [4.69, 9.17) is 4.28 Å². The summed E-state index contributed by atoms with van der Waals surface area (Å²) >= 11 is -1.64. The van der Waals surface area contributed by atoms with Gasteiger partial charge in [-0.25, -0.2) is 4.21 Å². The monoisotopic (exact) mass is 309 g/mol. The summed E-state index contributed by atoms with van der Waals surface area (Å²) in [5.41, 5.74) is 1.63. The third-order valence-electron chi connectivity index (χ3n) is 3.36. The first kappa shape index (κ1) is 14.5. The van der Waals surface area contributed by atoms with Crippen LogP contribution in [-0.4, -0.2) is 9.92 Å². The summed E-state index contributed by atoms with van der Waals surface area (Å²) in [5.74, 6) is 0. The highest BCUT2D eigenvalue weighted by Gasteiger charge is 2.10. The average Bonchev–Trinajstić information content (AvgIpc) is 2.59. The molecule has 0 saturated carbocycles. The molecule has 0 aliphatic heterocycles. The molecule has 0 bridgehead atoms. The van der Waals surface area contributed by atoms with Gasteiger partial charge in [-0.15, -0.1) is 0 Å². The zero-order valence-corrected chi connectivity index (χ0v) is 12.9. The van der Waals surface area contributed by atoms with Crippen LogP contribution in [0, 0.1) is 0 Å². The van der Waals surface area contributed by atoms with E-state index in [0.29, 0.717) is 10.6 Å². The maximum Gasteiger partial charge on any atom is 0.265 e. The first-order valence-corrected chi connectivity index (χ1v) is 8.00. The molecule has 1 unspecified atom stereocenters. The Bertz CT molecular complexity index is 839. The van der Waals surface area contributed by atoms with Gasteiger partial charge in [0.25, 0.3) is 11.1 Å². The fourth-order valence-corrected chi connectivity index (χ4v) is 3.02. The van der Waals surface area contributed by atoms with Gasteiger partial charge < -0.3 is 0 Å². The number of rotatable bonds is 4. The van der Waals surface area contributed by atoms with Crippen molar-refractivity contribution in [2.24, 2.45) is 5.16 Å². The molecule has 3 aromatic rings. The van der Waals surface area contributed by atoms with E-state index in [0.717, 1.165) is 16.3 Å². The van der Waals surface area contributed by atoms with Crippen molar-refractivity contribution in [2.45, 2.75) is 11.8 Å². The van der Waals surface area contributed by atoms with E-state index in [1.807, 2.05) is 73.7 Å². The lowest BCUT2D eigenvalue weighted by atomic mass is 10.1.